The number of carbonyl (C=O) groups excluding carboxylic acids is 1. The van der Waals surface area contributed by atoms with Gasteiger partial charge in [0, 0.05) is 23.6 Å². The van der Waals surface area contributed by atoms with E-state index in [1.165, 1.54) is 11.6 Å². The minimum Gasteiger partial charge on any atom is -0.489 e. The second-order valence-electron chi connectivity index (χ2n) is 7.73. The van der Waals surface area contributed by atoms with Crippen LogP contribution in [0.5, 0.6) is 5.75 Å². The van der Waals surface area contributed by atoms with Crippen LogP contribution in [0.3, 0.4) is 0 Å². The fourth-order valence-electron chi connectivity index (χ4n) is 2.97. The SMILES string of the molecule is C/C(=C\COc1ccc2ccc(=O)oc2c1)CC/C=C(\C)C1=CC(=O)C(C)(C)O1. The van der Waals surface area contributed by atoms with Crippen LogP contribution in [0.1, 0.15) is 40.5 Å². The molecule has 0 aliphatic carbocycles. The number of benzene rings is 1. The molecule has 5 heteroatoms. The molecular weight excluding hydrogens is 368 g/mol. The van der Waals surface area contributed by atoms with E-state index in [-0.39, 0.29) is 11.4 Å². The van der Waals surface area contributed by atoms with Gasteiger partial charge in [0.05, 0.1) is 0 Å². The largest absolute Gasteiger partial charge is 0.489 e. The molecule has 1 aromatic heterocycles. The van der Waals surface area contributed by atoms with Crippen LogP contribution in [0.4, 0.5) is 0 Å². The number of ether oxygens (including phenoxy) is 2. The zero-order chi connectivity index (χ0) is 21.0. The number of fused-ring (bicyclic) bond motifs is 1. The monoisotopic (exact) mass is 394 g/mol. The summed E-state index contributed by atoms with van der Waals surface area (Å²) in [7, 11) is 0. The van der Waals surface area contributed by atoms with E-state index in [2.05, 4.69) is 13.0 Å². The first kappa shape index (κ1) is 20.6. The van der Waals surface area contributed by atoms with Gasteiger partial charge in [0.15, 0.2) is 5.60 Å². The normalized spacial score (nSPS) is 16.7. The van der Waals surface area contributed by atoms with Crippen LogP contribution in [0.2, 0.25) is 0 Å². The molecule has 0 N–H and O–H groups in total. The molecule has 0 radical (unpaired) electrons. The van der Waals surface area contributed by atoms with Gasteiger partial charge in [-0.2, -0.15) is 0 Å². The molecule has 3 rings (SSSR count). The van der Waals surface area contributed by atoms with Crippen molar-refractivity contribution >= 4 is 16.8 Å². The molecule has 0 unspecified atom stereocenters. The highest BCUT2D eigenvalue weighted by Gasteiger charge is 2.35. The van der Waals surface area contributed by atoms with Crippen molar-refractivity contribution in [3.05, 3.63) is 75.9 Å². The lowest BCUT2D eigenvalue weighted by Gasteiger charge is -2.18. The number of allylic oxidation sites excluding steroid dienone is 3. The van der Waals surface area contributed by atoms with Gasteiger partial charge in [-0.05, 0) is 70.4 Å². The third-order valence-electron chi connectivity index (χ3n) is 4.87. The van der Waals surface area contributed by atoms with E-state index in [0.717, 1.165) is 23.8 Å². The Hall–Kier alpha value is -3.08. The van der Waals surface area contributed by atoms with Crippen molar-refractivity contribution in [3.8, 4) is 5.75 Å². The molecule has 1 aromatic carbocycles. The third kappa shape index (κ3) is 5.25. The van der Waals surface area contributed by atoms with Crippen LogP contribution in [-0.4, -0.2) is 18.0 Å². The van der Waals surface area contributed by atoms with Crippen LogP contribution < -0.4 is 10.4 Å². The maximum atomic E-state index is 11.8. The van der Waals surface area contributed by atoms with Crippen molar-refractivity contribution in [1.29, 1.82) is 0 Å². The minimum atomic E-state index is -0.761. The summed E-state index contributed by atoms with van der Waals surface area (Å²) in [5, 5.41) is 0.859. The van der Waals surface area contributed by atoms with E-state index in [1.54, 1.807) is 32.1 Å². The molecule has 1 aliphatic rings. The lowest BCUT2D eigenvalue weighted by molar-refractivity contribution is -0.126. The van der Waals surface area contributed by atoms with Crippen LogP contribution in [-0.2, 0) is 9.53 Å². The molecule has 29 heavy (non-hydrogen) atoms. The Kier molecular flexibility index (Phi) is 6.06. The molecule has 0 saturated carbocycles. The Bertz CT molecular complexity index is 1070. The van der Waals surface area contributed by atoms with Crippen molar-refractivity contribution < 1.29 is 18.7 Å². The van der Waals surface area contributed by atoms with E-state index < -0.39 is 5.60 Å². The van der Waals surface area contributed by atoms with Gasteiger partial charge >= 0.3 is 5.63 Å². The molecule has 0 bridgehead atoms. The predicted octanol–water partition coefficient (Wildman–Crippen LogP) is 5.11. The topological polar surface area (TPSA) is 65.7 Å². The Morgan fingerprint density at radius 3 is 2.59 bits per heavy atom. The molecule has 0 spiro atoms. The summed E-state index contributed by atoms with van der Waals surface area (Å²) in [5.74, 6) is 1.32. The lowest BCUT2D eigenvalue weighted by atomic mass is 10.1. The smallest absolute Gasteiger partial charge is 0.336 e. The molecule has 2 heterocycles. The van der Waals surface area contributed by atoms with Crippen molar-refractivity contribution in [2.45, 2.75) is 46.1 Å². The first-order chi connectivity index (χ1) is 13.7. The summed E-state index contributed by atoms with van der Waals surface area (Å²) in [6, 6.07) is 8.58. The summed E-state index contributed by atoms with van der Waals surface area (Å²) < 4.78 is 16.6. The molecule has 5 nitrogen and oxygen atoms in total. The second kappa shape index (κ2) is 8.52. The Balaban J connectivity index is 1.50. The van der Waals surface area contributed by atoms with Crippen molar-refractivity contribution in [1.82, 2.24) is 0 Å². The van der Waals surface area contributed by atoms with E-state index >= 15 is 0 Å². The minimum absolute atomic E-state index is 0.00133. The fourth-order valence-corrected chi connectivity index (χ4v) is 2.97. The third-order valence-corrected chi connectivity index (χ3v) is 4.87. The summed E-state index contributed by atoms with van der Waals surface area (Å²) in [6.45, 7) is 8.02. The van der Waals surface area contributed by atoms with E-state index in [9.17, 15) is 9.59 Å². The average molecular weight is 394 g/mol. The summed E-state index contributed by atoms with van der Waals surface area (Å²) in [5.41, 5.74) is 1.56. The summed E-state index contributed by atoms with van der Waals surface area (Å²) >= 11 is 0. The molecule has 0 fully saturated rings. The molecule has 0 atom stereocenters. The van der Waals surface area contributed by atoms with Crippen LogP contribution in [0, 0.1) is 0 Å². The maximum absolute atomic E-state index is 11.8. The second-order valence-corrected chi connectivity index (χ2v) is 7.73. The van der Waals surface area contributed by atoms with Gasteiger partial charge in [0.1, 0.15) is 23.7 Å². The van der Waals surface area contributed by atoms with Gasteiger partial charge in [0.2, 0.25) is 5.78 Å². The number of hydrogen-bond donors (Lipinski definition) is 0. The zero-order valence-corrected chi connectivity index (χ0v) is 17.3. The van der Waals surface area contributed by atoms with Gasteiger partial charge in [-0.15, -0.1) is 0 Å². The van der Waals surface area contributed by atoms with Gasteiger partial charge in [-0.25, -0.2) is 4.79 Å². The summed E-state index contributed by atoms with van der Waals surface area (Å²) in [4.78, 5) is 23.2. The van der Waals surface area contributed by atoms with Gasteiger partial charge in [0.25, 0.3) is 0 Å². The van der Waals surface area contributed by atoms with Crippen molar-refractivity contribution in [3.63, 3.8) is 0 Å². The number of carbonyl (C=O) groups is 1. The molecule has 0 amide bonds. The molecule has 2 aromatic rings. The molecule has 1 aliphatic heterocycles. The summed E-state index contributed by atoms with van der Waals surface area (Å²) in [6.07, 6.45) is 7.44. The first-order valence-corrected chi connectivity index (χ1v) is 9.69. The standard InChI is InChI=1S/C24H26O5/c1-16(6-5-7-17(2)20-15-22(25)24(3,4)29-20)12-13-27-19-10-8-18-9-11-23(26)28-21(18)14-19/h7-12,14-15H,5-6,13H2,1-4H3/b16-12+,17-7+. The highest BCUT2D eigenvalue weighted by molar-refractivity contribution is 5.99. The molecule has 0 saturated heterocycles. The fraction of sp³-hybridized carbons (Fsp3) is 0.333. The average Bonchev–Trinajstić information content (AvgIpc) is 2.94. The maximum Gasteiger partial charge on any atom is 0.336 e. The number of hydrogen-bond acceptors (Lipinski definition) is 5. The van der Waals surface area contributed by atoms with Gasteiger partial charge in [-0.1, -0.05) is 11.6 Å². The van der Waals surface area contributed by atoms with Crippen molar-refractivity contribution in [2.75, 3.05) is 6.61 Å². The molecular formula is C24H26O5. The number of ketones is 1. The Morgan fingerprint density at radius 1 is 1.10 bits per heavy atom. The van der Waals surface area contributed by atoms with E-state index in [1.807, 2.05) is 25.1 Å². The highest BCUT2D eigenvalue weighted by Crippen LogP contribution is 2.29. The van der Waals surface area contributed by atoms with Gasteiger partial charge < -0.3 is 13.9 Å². The predicted molar refractivity (Wildman–Crippen MR) is 113 cm³/mol. The zero-order valence-electron chi connectivity index (χ0n) is 17.3. The van der Waals surface area contributed by atoms with Gasteiger partial charge in [-0.3, -0.25) is 4.79 Å². The quantitative estimate of drug-likeness (QED) is 0.482. The van der Waals surface area contributed by atoms with Crippen molar-refractivity contribution in [2.24, 2.45) is 0 Å². The van der Waals surface area contributed by atoms with Crippen LogP contribution in [0.25, 0.3) is 11.0 Å². The Morgan fingerprint density at radius 2 is 1.86 bits per heavy atom. The van der Waals surface area contributed by atoms with Crippen LogP contribution >= 0.6 is 0 Å². The molecule has 152 valence electrons. The Labute approximate surface area is 170 Å². The first-order valence-electron chi connectivity index (χ1n) is 9.69. The van der Waals surface area contributed by atoms with E-state index in [0.29, 0.717) is 23.7 Å². The lowest BCUT2D eigenvalue weighted by Crippen LogP contribution is -2.27. The highest BCUT2D eigenvalue weighted by atomic mass is 16.5. The van der Waals surface area contributed by atoms with Crippen LogP contribution in [0.15, 0.2) is 74.7 Å². The number of rotatable bonds is 7. The van der Waals surface area contributed by atoms with E-state index in [4.69, 9.17) is 13.9 Å².